The van der Waals surface area contributed by atoms with Gasteiger partial charge in [0, 0.05) is 6.54 Å². The maximum Gasteiger partial charge on any atom is 0.117 e. The van der Waals surface area contributed by atoms with E-state index in [1.165, 1.54) is 56.9 Å². The van der Waals surface area contributed by atoms with E-state index >= 15 is 0 Å². The van der Waals surface area contributed by atoms with Crippen LogP contribution >= 0.6 is 0 Å². The number of hydrogen-bond acceptors (Lipinski definition) is 5. The Labute approximate surface area is 186 Å². The molecular weight excluding hydrogens is 370 g/mol. The third-order valence-electron chi connectivity index (χ3n) is 5.34. The Kier molecular flexibility index (Phi) is 16.9. The number of unbranched alkanes of at least 4 members (excludes halogenated alkanes) is 4. The van der Waals surface area contributed by atoms with Crippen molar-refractivity contribution in [1.82, 2.24) is 26.2 Å². The van der Waals surface area contributed by atoms with Gasteiger partial charge in [-0.25, -0.2) is 4.90 Å². The molecule has 0 heterocycles. The predicted octanol–water partition coefficient (Wildman–Crippen LogP) is 4.61. The highest BCUT2D eigenvalue weighted by Crippen LogP contribution is 2.10. The molecule has 0 amide bonds. The molecule has 0 radical (unpaired) electrons. The lowest BCUT2D eigenvalue weighted by atomic mass is 10.2. The van der Waals surface area contributed by atoms with E-state index in [4.69, 9.17) is 0 Å². The maximum absolute atomic E-state index is 3.80. The normalized spacial score (nSPS) is 11.8. The third-order valence-corrected chi connectivity index (χ3v) is 5.34. The predicted molar refractivity (Wildman–Crippen MR) is 131 cm³/mol. The first-order chi connectivity index (χ1) is 14.8. The van der Waals surface area contributed by atoms with Crippen LogP contribution in [0.15, 0.2) is 30.3 Å². The van der Waals surface area contributed by atoms with Gasteiger partial charge in [0.15, 0.2) is 0 Å². The molecule has 0 aliphatic carbocycles. The highest BCUT2D eigenvalue weighted by atomic mass is 15.5. The topological polar surface area (TPSA) is 51.4 Å². The van der Waals surface area contributed by atoms with Crippen LogP contribution in [0.1, 0.15) is 84.6 Å². The van der Waals surface area contributed by atoms with Crippen LogP contribution in [-0.2, 0) is 6.54 Å². The van der Waals surface area contributed by atoms with E-state index in [1.54, 1.807) is 0 Å². The molecule has 30 heavy (non-hydrogen) atoms. The molecular formula is C25H49N5. The SMILES string of the molecule is CCCCNC(NCCCC)N(Cc1ccccc1)C(NCCCC)NCCCC. The van der Waals surface area contributed by atoms with Crippen molar-refractivity contribution in [1.29, 1.82) is 0 Å². The van der Waals surface area contributed by atoms with E-state index in [9.17, 15) is 0 Å². The van der Waals surface area contributed by atoms with Crippen molar-refractivity contribution in [2.75, 3.05) is 26.2 Å². The monoisotopic (exact) mass is 419 g/mol. The Balaban J connectivity index is 3.02. The number of rotatable bonds is 20. The highest BCUT2D eigenvalue weighted by molar-refractivity contribution is 5.14. The molecule has 1 aromatic carbocycles. The lowest BCUT2D eigenvalue weighted by Crippen LogP contribution is -2.65. The second-order valence-electron chi connectivity index (χ2n) is 8.19. The Morgan fingerprint density at radius 3 is 1.30 bits per heavy atom. The van der Waals surface area contributed by atoms with E-state index < -0.39 is 0 Å². The largest absolute Gasteiger partial charge is 0.289 e. The minimum atomic E-state index is 0.136. The Morgan fingerprint density at radius 2 is 0.967 bits per heavy atom. The van der Waals surface area contributed by atoms with E-state index in [0.29, 0.717) is 0 Å². The molecule has 0 saturated carbocycles. The van der Waals surface area contributed by atoms with Crippen LogP contribution in [0.3, 0.4) is 0 Å². The van der Waals surface area contributed by atoms with E-state index in [2.05, 4.69) is 84.2 Å². The lowest BCUT2D eigenvalue weighted by Gasteiger charge is -2.40. The standard InChI is InChI=1S/C25H49N5/c1-5-9-18-26-24(27-19-10-6-2)30(22-23-16-14-13-15-17-23)25(28-20-11-7-3)29-21-12-8-4/h13-17,24-29H,5-12,18-22H2,1-4H3. The quantitative estimate of drug-likeness (QED) is 0.184. The molecule has 4 N–H and O–H groups in total. The zero-order valence-electron chi connectivity index (χ0n) is 20.2. The number of nitrogens with one attached hydrogen (secondary N) is 4. The van der Waals surface area contributed by atoms with Gasteiger partial charge in [-0.15, -0.1) is 0 Å². The molecule has 5 nitrogen and oxygen atoms in total. The fraction of sp³-hybridized carbons (Fsp3) is 0.760. The van der Waals surface area contributed by atoms with Gasteiger partial charge in [-0.1, -0.05) is 83.7 Å². The Bertz CT molecular complexity index is 438. The zero-order valence-corrected chi connectivity index (χ0v) is 20.2. The fourth-order valence-electron chi connectivity index (χ4n) is 3.40. The Hall–Kier alpha value is -0.980. The van der Waals surface area contributed by atoms with Crippen molar-refractivity contribution in [3.63, 3.8) is 0 Å². The van der Waals surface area contributed by atoms with Gasteiger partial charge in [0.2, 0.25) is 0 Å². The summed E-state index contributed by atoms with van der Waals surface area (Å²) in [7, 11) is 0. The van der Waals surface area contributed by atoms with E-state index in [1.807, 2.05) is 0 Å². The van der Waals surface area contributed by atoms with Crippen molar-refractivity contribution in [3.05, 3.63) is 35.9 Å². The van der Waals surface area contributed by atoms with Gasteiger partial charge in [0.1, 0.15) is 12.6 Å². The van der Waals surface area contributed by atoms with Crippen LogP contribution in [-0.4, -0.2) is 43.7 Å². The van der Waals surface area contributed by atoms with Gasteiger partial charge in [-0.2, -0.15) is 0 Å². The smallest absolute Gasteiger partial charge is 0.117 e. The summed E-state index contributed by atoms with van der Waals surface area (Å²) in [6.07, 6.45) is 9.89. The molecule has 0 spiro atoms. The lowest BCUT2D eigenvalue weighted by molar-refractivity contribution is 0.0393. The molecule has 0 aliphatic rings. The molecule has 174 valence electrons. The number of benzene rings is 1. The molecule has 5 heteroatoms. The van der Waals surface area contributed by atoms with Crippen molar-refractivity contribution >= 4 is 0 Å². The van der Waals surface area contributed by atoms with Gasteiger partial charge in [0.25, 0.3) is 0 Å². The highest BCUT2D eigenvalue weighted by Gasteiger charge is 2.25. The van der Waals surface area contributed by atoms with Crippen LogP contribution in [0.5, 0.6) is 0 Å². The van der Waals surface area contributed by atoms with Crippen molar-refractivity contribution in [2.24, 2.45) is 0 Å². The Morgan fingerprint density at radius 1 is 0.600 bits per heavy atom. The molecule has 0 saturated heterocycles. The first kappa shape index (κ1) is 27.1. The van der Waals surface area contributed by atoms with Gasteiger partial charge in [0.05, 0.1) is 0 Å². The molecule has 0 aliphatic heterocycles. The van der Waals surface area contributed by atoms with Crippen LogP contribution < -0.4 is 21.3 Å². The second kappa shape index (κ2) is 18.8. The van der Waals surface area contributed by atoms with E-state index in [0.717, 1.165) is 32.7 Å². The summed E-state index contributed by atoms with van der Waals surface area (Å²) >= 11 is 0. The fourth-order valence-corrected chi connectivity index (χ4v) is 3.40. The molecule has 0 unspecified atom stereocenters. The van der Waals surface area contributed by atoms with Crippen LogP contribution in [0, 0.1) is 0 Å². The molecule has 0 bridgehead atoms. The van der Waals surface area contributed by atoms with Gasteiger partial charge in [-0.3, -0.25) is 21.3 Å². The zero-order chi connectivity index (χ0) is 21.9. The molecule has 0 aromatic heterocycles. The van der Waals surface area contributed by atoms with Crippen LogP contribution in [0.4, 0.5) is 0 Å². The molecule has 1 rings (SSSR count). The first-order valence-corrected chi connectivity index (χ1v) is 12.5. The minimum Gasteiger partial charge on any atom is -0.289 e. The van der Waals surface area contributed by atoms with E-state index in [-0.39, 0.29) is 12.6 Å². The summed E-state index contributed by atoms with van der Waals surface area (Å²) in [5.41, 5.74) is 1.34. The summed E-state index contributed by atoms with van der Waals surface area (Å²) < 4.78 is 0. The van der Waals surface area contributed by atoms with Crippen molar-refractivity contribution in [3.8, 4) is 0 Å². The van der Waals surface area contributed by atoms with Gasteiger partial charge < -0.3 is 0 Å². The summed E-state index contributed by atoms with van der Waals surface area (Å²) in [5, 5.41) is 15.2. The molecule has 1 aromatic rings. The van der Waals surface area contributed by atoms with Crippen molar-refractivity contribution < 1.29 is 0 Å². The average Bonchev–Trinajstić information content (AvgIpc) is 2.77. The van der Waals surface area contributed by atoms with Gasteiger partial charge >= 0.3 is 0 Å². The first-order valence-electron chi connectivity index (χ1n) is 12.5. The third kappa shape index (κ3) is 12.0. The van der Waals surface area contributed by atoms with Gasteiger partial charge in [-0.05, 0) is 57.4 Å². The minimum absolute atomic E-state index is 0.136. The van der Waals surface area contributed by atoms with Crippen molar-refractivity contribution in [2.45, 2.75) is 98.2 Å². The number of hydrogen-bond donors (Lipinski definition) is 4. The summed E-state index contributed by atoms with van der Waals surface area (Å²) in [4.78, 5) is 2.53. The van der Waals surface area contributed by atoms with Crippen LogP contribution in [0.25, 0.3) is 0 Å². The summed E-state index contributed by atoms with van der Waals surface area (Å²) in [6.45, 7) is 14.0. The molecule has 0 fully saturated rings. The average molecular weight is 420 g/mol. The van der Waals surface area contributed by atoms with Crippen LogP contribution in [0.2, 0.25) is 0 Å². The summed E-state index contributed by atoms with van der Waals surface area (Å²) in [5.74, 6) is 0. The number of nitrogens with zero attached hydrogens (tertiary/aromatic N) is 1. The summed E-state index contributed by atoms with van der Waals surface area (Å²) in [6, 6.07) is 10.8. The second-order valence-corrected chi connectivity index (χ2v) is 8.19. The maximum atomic E-state index is 3.80. The molecule has 0 atom stereocenters.